The zero-order valence-electron chi connectivity index (χ0n) is 11.3. The number of hydrogen-bond donors (Lipinski definition) is 1. The number of hydrogen-bond acceptors (Lipinski definition) is 3. The first-order chi connectivity index (χ1) is 9.16. The minimum absolute atomic E-state index is 0.213. The molecule has 0 radical (unpaired) electrons. The van der Waals surface area contributed by atoms with Gasteiger partial charge in [0, 0.05) is 13.0 Å². The van der Waals surface area contributed by atoms with Crippen LogP contribution in [0.1, 0.15) is 31.4 Å². The van der Waals surface area contributed by atoms with E-state index in [2.05, 4.69) is 24.0 Å². The third-order valence-electron chi connectivity index (χ3n) is 3.49. The van der Waals surface area contributed by atoms with E-state index in [4.69, 9.17) is 9.84 Å². The van der Waals surface area contributed by atoms with Crippen LogP contribution in [0.25, 0.3) is 0 Å². The average Bonchev–Trinajstić information content (AvgIpc) is 2.39. The van der Waals surface area contributed by atoms with Crippen molar-refractivity contribution in [2.24, 2.45) is 0 Å². The number of ether oxygens (including phenoxy) is 1. The van der Waals surface area contributed by atoms with E-state index in [0.717, 1.165) is 13.1 Å². The fraction of sp³-hybridized carbons (Fsp3) is 0.533. The van der Waals surface area contributed by atoms with Crippen molar-refractivity contribution in [1.29, 1.82) is 0 Å². The maximum Gasteiger partial charge on any atom is 0.303 e. The zero-order valence-corrected chi connectivity index (χ0v) is 11.3. The smallest absolute Gasteiger partial charge is 0.303 e. The Morgan fingerprint density at radius 1 is 1.42 bits per heavy atom. The second-order valence-electron chi connectivity index (χ2n) is 5.06. The average molecular weight is 263 g/mol. The number of morpholine rings is 1. The van der Waals surface area contributed by atoms with E-state index in [1.165, 1.54) is 5.56 Å². The maximum absolute atomic E-state index is 10.6. The molecule has 4 heteroatoms. The fourth-order valence-corrected chi connectivity index (χ4v) is 2.53. The first-order valence-electron chi connectivity index (χ1n) is 6.79. The van der Waals surface area contributed by atoms with Gasteiger partial charge in [0.2, 0.25) is 0 Å². The number of aliphatic carboxylic acids is 1. The standard InChI is InChI=1S/C15H21NO3/c1-12-10-16(9-5-8-15(17)18)14(11-19-12)13-6-3-2-4-7-13/h2-4,6-7,12,14H,5,8-11H2,1H3,(H,17,18)/t12-,14+/m1/s1. The van der Waals surface area contributed by atoms with Crippen molar-refractivity contribution in [2.75, 3.05) is 19.7 Å². The van der Waals surface area contributed by atoms with Gasteiger partial charge in [-0.3, -0.25) is 9.69 Å². The molecule has 0 bridgehead atoms. The van der Waals surface area contributed by atoms with Crippen molar-refractivity contribution in [3.05, 3.63) is 35.9 Å². The summed E-state index contributed by atoms with van der Waals surface area (Å²) < 4.78 is 5.74. The van der Waals surface area contributed by atoms with Crippen molar-refractivity contribution in [3.63, 3.8) is 0 Å². The molecule has 2 atom stereocenters. The zero-order chi connectivity index (χ0) is 13.7. The Morgan fingerprint density at radius 2 is 2.16 bits per heavy atom. The fourth-order valence-electron chi connectivity index (χ4n) is 2.53. The third-order valence-corrected chi connectivity index (χ3v) is 3.49. The monoisotopic (exact) mass is 263 g/mol. The summed E-state index contributed by atoms with van der Waals surface area (Å²) in [4.78, 5) is 13.0. The van der Waals surface area contributed by atoms with E-state index >= 15 is 0 Å². The quantitative estimate of drug-likeness (QED) is 0.885. The first-order valence-corrected chi connectivity index (χ1v) is 6.79. The molecule has 1 saturated heterocycles. The van der Waals surface area contributed by atoms with Crippen molar-refractivity contribution in [3.8, 4) is 0 Å². The largest absolute Gasteiger partial charge is 0.481 e. The highest BCUT2D eigenvalue weighted by Gasteiger charge is 2.27. The lowest BCUT2D eigenvalue weighted by Gasteiger charge is -2.39. The number of carboxylic acid groups (broad SMARTS) is 1. The summed E-state index contributed by atoms with van der Waals surface area (Å²) in [6.07, 6.45) is 1.13. The molecule has 19 heavy (non-hydrogen) atoms. The van der Waals surface area contributed by atoms with Crippen molar-refractivity contribution >= 4 is 5.97 Å². The van der Waals surface area contributed by atoms with E-state index in [-0.39, 0.29) is 18.6 Å². The van der Waals surface area contributed by atoms with Gasteiger partial charge in [-0.2, -0.15) is 0 Å². The number of benzene rings is 1. The van der Waals surface area contributed by atoms with Gasteiger partial charge in [-0.25, -0.2) is 0 Å². The van der Waals surface area contributed by atoms with Crippen LogP contribution in [0.4, 0.5) is 0 Å². The molecule has 1 aromatic rings. The van der Waals surface area contributed by atoms with Gasteiger partial charge >= 0.3 is 5.97 Å². The molecule has 1 heterocycles. The van der Waals surface area contributed by atoms with Gasteiger partial charge in [0.25, 0.3) is 0 Å². The molecule has 1 fully saturated rings. The molecule has 0 aromatic heterocycles. The molecule has 0 unspecified atom stereocenters. The van der Waals surface area contributed by atoms with Gasteiger partial charge in [0.1, 0.15) is 0 Å². The molecular weight excluding hydrogens is 242 g/mol. The minimum atomic E-state index is -0.724. The van der Waals surface area contributed by atoms with Gasteiger partial charge in [-0.1, -0.05) is 30.3 Å². The lowest BCUT2D eigenvalue weighted by atomic mass is 10.0. The van der Waals surface area contributed by atoms with Gasteiger partial charge in [0.05, 0.1) is 18.8 Å². The molecule has 0 saturated carbocycles. The Bertz CT molecular complexity index is 407. The molecule has 1 aromatic carbocycles. The highest BCUT2D eigenvalue weighted by Crippen LogP contribution is 2.26. The van der Waals surface area contributed by atoms with Crippen molar-refractivity contribution in [1.82, 2.24) is 4.90 Å². The summed E-state index contributed by atoms with van der Waals surface area (Å²) in [5.74, 6) is -0.724. The van der Waals surface area contributed by atoms with Gasteiger partial charge in [-0.05, 0) is 25.5 Å². The summed E-state index contributed by atoms with van der Waals surface area (Å²) in [5.41, 5.74) is 1.24. The summed E-state index contributed by atoms with van der Waals surface area (Å²) in [5, 5.41) is 8.73. The topological polar surface area (TPSA) is 49.8 Å². The molecular formula is C15H21NO3. The van der Waals surface area contributed by atoms with Crippen LogP contribution in [0.3, 0.4) is 0 Å². The predicted octanol–water partition coefficient (Wildman–Crippen LogP) is 2.31. The van der Waals surface area contributed by atoms with Crippen LogP contribution in [0.5, 0.6) is 0 Å². The van der Waals surface area contributed by atoms with Gasteiger partial charge < -0.3 is 9.84 Å². The molecule has 0 spiro atoms. The highest BCUT2D eigenvalue weighted by atomic mass is 16.5. The Kier molecular flexibility index (Phi) is 4.93. The van der Waals surface area contributed by atoms with E-state index in [1.54, 1.807) is 0 Å². The first kappa shape index (κ1) is 14.0. The lowest BCUT2D eigenvalue weighted by Crippen LogP contribution is -2.44. The molecule has 1 N–H and O–H groups in total. The third kappa shape index (κ3) is 4.04. The molecule has 1 aliphatic heterocycles. The summed E-state index contributed by atoms with van der Waals surface area (Å²) in [6, 6.07) is 10.5. The van der Waals surface area contributed by atoms with E-state index in [9.17, 15) is 4.79 Å². The van der Waals surface area contributed by atoms with E-state index in [0.29, 0.717) is 13.0 Å². The number of carbonyl (C=O) groups is 1. The molecule has 104 valence electrons. The van der Waals surface area contributed by atoms with Crippen molar-refractivity contribution < 1.29 is 14.6 Å². The van der Waals surface area contributed by atoms with E-state index in [1.807, 2.05) is 18.2 Å². The summed E-state index contributed by atoms with van der Waals surface area (Å²) in [6.45, 7) is 4.41. The number of rotatable bonds is 5. The van der Waals surface area contributed by atoms with E-state index < -0.39 is 5.97 Å². The van der Waals surface area contributed by atoms with Crippen LogP contribution in [-0.2, 0) is 9.53 Å². The molecule has 0 amide bonds. The Labute approximate surface area is 114 Å². The summed E-state index contributed by atoms with van der Waals surface area (Å²) >= 11 is 0. The van der Waals surface area contributed by atoms with Gasteiger partial charge in [-0.15, -0.1) is 0 Å². The van der Waals surface area contributed by atoms with Crippen LogP contribution in [-0.4, -0.2) is 41.8 Å². The van der Waals surface area contributed by atoms with Crippen LogP contribution in [0, 0.1) is 0 Å². The minimum Gasteiger partial charge on any atom is -0.481 e. The van der Waals surface area contributed by atoms with Crippen LogP contribution in [0.15, 0.2) is 30.3 Å². The Morgan fingerprint density at radius 3 is 2.84 bits per heavy atom. The second-order valence-corrected chi connectivity index (χ2v) is 5.06. The maximum atomic E-state index is 10.6. The predicted molar refractivity (Wildman–Crippen MR) is 73.0 cm³/mol. The van der Waals surface area contributed by atoms with Gasteiger partial charge in [0.15, 0.2) is 0 Å². The second kappa shape index (κ2) is 6.68. The normalized spacial score (nSPS) is 24.3. The highest BCUT2D eigenvalue weighted by molar-refractivity contribution is 5.66. The number of carboxylic acids is 1. The Balaban J connectivity index is 2.00. The number of nitrogens with zero attached hydrogens (tertiary/aromatic N) is 1. The van der Waals surface area contributed by atoms with Crippen molar-refractivity contribution in [2.45, 2.75) is 31.9 Å². The Hall–Kier alpha value is -1.39. The van der Waals surface area contributed by atoms with Crippen LogP contribution >= 0.6 is 0 Å². The summed E-state index contributed by atoms with van der Waals surface area (Å²) in [7, 11) is 0. The molecule has 0 aliphatic carbocycles. The SMILES string of the molecule is C[C@@H]1CN(CCCC(=O)O)[C@H](c2ccccc2)CO1. The van der Waals surface area contributed by atoms with Crippen LogP contribution in [0.2, 0.25) is 0 Å². The van der Waals surface area contributed by atoms with Crippen LogP contribution < -0.4 is 0 Å². The molecule has 1 aliphatic rings. The lowest BCUT2D eigenvalue weighted by molar-refractivity contribution is -0.137. The molecule has 2 rings (SSSR count). The molecule has 4 nitrogen and oxygen atoms in total.